The zero-order valence-corrected chi connectivity index (χ0v) is 15.8. The van der Waals surface area contributed by atoms with E-state index in [1.165, 1.54) is 0 Å². The molecule has 3 N–H and O–H groups in total. The molecule has 3 rings (SSSR count). The molecule has 0 saturated heterocycles. The highest BCUT2D eigenvalue weighted by molar-refractivity contribution is 5.47. The van der Waals surface area contributed by atoms with Gasteiger partial charge in [-0.3, -0.25) is 0 Å². The number of hydrogen-bond acceptors (Lipinski definition) is 4. The van der Waals surface area contributed by atoms with Crippen LogP contribution < -0.4 is 10.1 Å². The molecule has 0 bridgehead atoms. The predicted molar refractivity (Wildman–Crippen MR) is 103 cm³/mol. The maximum Gasteiger partial charge on any atom is 0.125 e. The topological polar surface area (TPSA) is 61.7 Å². The van der Waals surface area contributed by atoms with E-state index in [1.807, 2.05) is 42.5 Å². The number of fused-ring (bicyclic) bond motifs is 1. The van der Waals surface area contributed by atoms with Crippen LogP contribution in [0.15, 0.2) is 42.5 Å². The van der Waals surface area contributed by atoms with Gasteiger partial charge in [0.25, 0.3) is 0 Å². The highest BCUT2D eigenvalue weighted by Gasteiger charge is 2.32. The van der Waals surface area contributed by atoms with Crippen LogP contribution in [0, 0.1) is 0 Å². The highest BCUT2D eigenvalue weighted by atomic mass is 16.5. The van der Waals surface area contributed by atoms with Crippen molar-refractivity contribution >= 4 is 0 Å². The molecule has 4 heteroatoms. The minimum absolute atomic E-state index is 0.0186. The van der Waals surface area contributed by atoms with Crippen LogP contribution in [0.3, 0.4) is 0 Å². The number of aliphatic hydroxyl groups is 2. The normalized spacial score (nSPS) is 19.9. The van der Waals surface area contributed by atoms with Crippen LogP contribution in [0.4, 0.5) is 0 Å². The van der Waals surface area contributed by atoms with E-state index in [-0.39, 0.29) is 18.2 Å². The summed E-state index contributed by atoms with van der Waals surface area (Å²) < 4.78 is 5.97. The second-order valence-electron chi connectivity index (χ2n) is 8.03. The summed E-state index contributed by atoms with van der Waals surface area (Å²) in [6.45, 7) is 6.69. The first-order chi connectivity index (χ1) is 12.4. The van der Waals surface area contributed by atoms with Crippen molar-refractivity contribution in [2.45, 2.75) is 64.5 Å². The van der Waals surface area contributed by atoms with Gasteiger partial charge in [0.2, 0.25) is 0 Å². The maximum absolute atomic E-state index is 10.8. The summed E-state index contributed by atoms with van der Waals surface area (Å²) in [6, 6.07) is 13.8. The van der Waals surface area contributed by atoms with Crippen LogP contribution in [0.1, 0.15) is 55.5 Å². The summed E-state index contributed by atoms with van der Waals surface area (Å²) in [6.07, 6.45) is 1.07. The Kier molecular flexibility index (Phi) is 5.66. The Morgan fingerprint density at radius 2 is 1.85 bits per heavy atom. The number of nitrogens with one attached hydrogen (secondary N) is 1. The summed E-state index contributed by atoms with van der Waals surface area (Å²) in [7, 11) is 0. The van der Waals surface area contributed by atoms with Gasteiger partial charge in [0.1, 0.15) is 12.4 Å². The lowest BCUT2D eigenvalue weighted by Gasteiger charge is -2.36. The fourth-order valence-electron chi connectivity index (χ4n) is 3.69. The average Bonchev–Trinajstić information content (AvgIpc) is 2.61. The molecular weight excluding hydrogens is 326 g/mol. The molecule has 0 spiro atoms. The molecule has 0 amide bonds. The molecule has 140 valence electrons. The van der Waals surface area contributed by atoms with E-state index in [1.54, 1.807) is 0 Å². The molecule has 0 radical (unpaired) electrons. The molecule has 1 aliphatic rings. The van der Waals surface area contributed by atoms with Crippen molar-refractivity contribution in [3.8, 4) is 5.75 Å². The number of ether oxygens (including phenoxy) is 1. The van der Waals surface area contributed by atoms with Crippen molar-refractivity contribution in [3.63, 3.8) is 0 Å². The lowest BCUT2D eigenvalue weighted by molar-refractivity contribution is 0.0992. The van der Waals surface area contributed by atoms with Gasteiger partial charge in [-0.1, -0.05) is 36.4 Å². The molecule has 2 aromatic rings. The highest BCUT2D eigenvalue weighted by Crippen LogP contribution is 2.37. The summed E-state index contributed by atoms with van der Waals surface area (Å²) in [5.74, 6) is 0.699. The molecule has 4 nitrogen and oxygen atoms in total. The molecule has 0 fully saturated rings. The SMILES string of the molecule is CC(C)(C)NC1CCc2c(ccc(OCc3ccccc3)c2CO)C1O. The Labute approximate surface area is 155 Å². The van der Waals surface area contributed by atoms with Gasteiger partial charge < -0.3 is 20.3 Å². The predicted octanol–water partition coefficient (Wildman–Crippen LogP) is 3.49. The van der Waals surface area contributed by atoms with E-state index in [4.69, 9.17) is 4.74 Å². The number of hydrogen-bond donors (Lipinski definition) is 3. The number of rotatable bonds is 5. The van der Waals surface area contributed by atoms with Crippen LogP contribution >= 0.6 is 0 Å². The second kappa shape index (κ2) is 7.78. The van der Waals surface area contributed by atoms with Crippen molar-refractivity contribution in [1.29, 1.82) is 0 Å². The Balaban J connectivity index is 1.81. The minimum atomic E-state index is -0.577. The van der Waals surface area contributed by atoms with Crippen molar-refractivity contribution in [3.05, 3.63) is 64.7 Å². The van der Waals surface area contributed by atoms with Crippen LogP contribution in [0.2, 0.25) is 0 Å². The molecule has 2 aromatic carbocycles. The third-order valence-electron chi connectivity index (χ3n) is 4.84. The number of aliphatic hydroxyl groups excluding tert-OH is 2. The largest absolute Gasteiger partial charge is 0.489 e. The summed E-state index contributed by atoms with van der Waals surface area (Å²) >= 11 is 0. The van der Waals surface area contributed by atoms with Crippen molar-refractivity contribution in [2.75, 3.05) is 0 Å². The van der Waals surface area contributed by atoms with Gasteiger partial charge in [0.15, 0.2) is 0 Å². The summed E-state index contributed by atoms with van der Waals surface area (Å²) in [5.41, 5.74) is 3.75. The molecule has 1 aliphatic carbocycles. The van der Waals surface area contributed by atoms with Crippen molar-refractivity contribution in [1.82, 2.24) is 5.32 Å². The summed E-state index contributed by atoms with van der Waals surface area (Å²) in [5, 5.41) is 24.3. The van der Waals surface area contributed by atoms with Gasteiger partial charge in [-0.15, -0.1) is 0 Å². The second-order valence-corrected chi connectivity index (χ2v) is 8.03. The van der Waals surface area contributed by atoms with E-state index >= 15 is 0 Å². The van der Waals surface area contributed by atoms with Gasteiger partial charge in [0, 0.05) is 17.1 Å². The molecule has 2 atom stereocenters. The molecule has 26 heavy (non-hydrogen) atoms. The van der Waals surface area contributed by atoms with Crippen LogP contribution in [0.25, 0.3) is 0 Å². The van der Waals surface area contributed by atoms with E-state index in [0.29, 0.717) is 12.4 Å². The third-order valence-corrected chi connectivity index (χ3v) is 4.84. The van der Waals surface area contributed by atoms with Crippen molar-refractivity contribution in [2.24, 2.45) is 0 Å². The fraction of sp³-hybridized carbons (Fsp3) is 0.455. The average molecular weight is 355 g/mol. The van der Waals surface area contributed by atoms with Gasteiger partial charge in [-0.2, -0.15) is 0 Å². The molecular formula is C22H29NO3. The molecule has 0 aliphatic heterocycles. The molecule has 0 saturated carbocycles. The lowest BCUT2D eigenvalue weighted by Crippen LogP contribution is -2.48. The van der Waals surface area contributed by atoms with Gasteiger partial charge >= 0.3 is 0 Å². The van der Waals surface area contributed by atoms with E-state index in [0.717, 1.165) is 35.1 Å². The summed E-state index contributed by atoms with van der Waals surface area (Å²) in [4.78, 5) is 0. The third kappa shape index (κ3) is 4.26. The smallest absolute Gasteiger partial charge is 0.125 e. The first-order valence-electron chi connectivity index (χ1n) is 9.27. The first kappa shape index (κ1) is 18.9. The van der Waals surface area contributed by atoms with Gasteiger partial charge in [-0.05, 0) is 56.4 Å². The molecule has 0 aromatic heterocycles. The van der Waals surface area contributed by atoms with Gasteiger partial charge in [-0.25, -0.2) is 0 Å². The molecule has 2 unspecified atom stereocenters. The Morgan fingerprint density at radius 1 is 1.12 bits per heavy atom. The Morgan fingerprint density at radius 3 is 2.50 bits per heavy atom. The van der Waals surface area contributed by atoms with Crippen molar-refractivity contribution < 1.29 is 14.9 Å². The monoisotopic (exact) mass is 355 g/mol. The van der Waals surface area contributed by atoms with Crippen LogP contribution in [-0.2, 0) is 19.6 Å². The van der Waals surface area contributed by atoms with E-state index in [2.05, 4.69) is 26.1 Å². The Hall–Kier alpha value is -1.88. The van der Waals surface area contributed by atoms with Crippen LogP contribution in [0.5, 0.6) is 5.75 Å². The minimum Gasteiger partial charge on any atom is -0.489 e. The standard InChI is InChI=1S/C22H29NO3/c1-22(2,3)23-19-11-9-16-17(21(19)25)10-12-20(18(16)13-24)26-14-15-7-5-4-6-8-15/h4-8,10,12,19,21,23-25H,9,11,13-14H2,1-3H3. The Bertz CT molecular complexity index is 737. The lowest BCUT2D eigenvalue weighted by atomic mass is 9.82. The van der Waals surface area contributed by atoms with Gasteiger partial charge in [0.05, 0.1) is 12.7 Å². The number of benzene rings is 2. The van der Waals surface area contributed by atoms with E-state index < -0.39 is 6.10 Å². The fourth-order valence-corrected chi connectivity index (χ4v) is 3.69. The zero-order valence-electron chi connectivity index (χ0n) is 15.8. The quantitative estimate of drug-likeness (QED) is 0.768. The molecule has 0 heterocycles. The first-order valence-corrected chi connectivity index (χ1v) is 9.27. The maximum atomic E-state index is 10.8. The van der Waals surface area contributed by atoms with E-state index in [9.17, 15) is 10.2 Å². The zero-order chi connectivity index (χ0) is 18.7. The van der Waals surface area contributed by atoms with Crippen LogP contribution in [-0.4, -0.2) is 21.8 Å².